The average Bonchev–Trinajstić information content (AvgIpc) is 2.88. The summed E-state index contributed by atoms with van der Waals surface area (Å²) in [5.41, 5.74) is 2.77. The number of hydrogen-bond donors (Lipinski definition) is 0. The van der Waals surface area contributed by atoms with Crippen LogP contribution in [-0.4, -0.2) is 38.5 Å². The van der Waals surface area contributed by atoms with Crippen molar-refractivity contribution in [3.63, 3.8) is 0 Å². The zero-order valence-corrected chi connectivity index (χ0v) is 20.5. The molecule has 0 unspecified atom stereocenters. The summed E-state index contributed by atoms with van der Waals surface area (Å²) in [5, 5.41) is 1.03. The fraction of sp³-hybridized carbons (Fsp3) is 0.464. The molecule has 6 nitrogen and oxygen atoms in total. The first-order valence-electron chi connectivity index (χ1n) is 12.2. The van der Waals surface area contributed by atoms with E-state index in [1.165, 1.54) is 0 Å². The van der Waals surface area contributed by atoms with Gasteiger partial charge in [-0.15, -0.1) is 0 Å². The fourth-order valence-electron chi connectivity index (χ4n) is 4.08. The molecule has 34 heavy (non-hydrogen) atoms. The van der Waals surface area contributed by atoms with E-state index in [9.17, 15) is 0 Å². The molecule has 1 aliphatic heterocycles. The Morgan fingerprint density at radius 1 is 0.971 bits per heavy atom. The Kier molecular flexibility index (Phi) is 8.47. The van der Waals surface area contributed by atoms with Crippen molar-refractivity contribution in [2.75, 3.05) is 33.5 Å². The minimum Gasteiger partial charge on any atom is -0.496 e. The number of nitrogens with zero attached hydrogens (tertiary/aromatic N) is 1. The molecular weight excluding hydrogens is 430 g/mol. The van der Waals surface area contributed by atoms with Gasteiger partial charge >= 0.3 is 0 Å². The van der Waals surface area contributed by atoms with E-state index in [1.807, 2.05) is 43.3 Å². The van der Waals surface area contributed by atoms with Crippen LogP contribution in [0.15, 0.2) is 42.5 Å². The lowest BCUT2D eigenvalue weighted by atomic mass is 10.0. The summed E-state index contributed by atoms with van der Waals surface area (Å²) in [6.45, 7) is 7.51. The van der Waals surface area contributed by atoms with Gasteiger partial charge in [0, 0.05) is 42.4 Å². The van der Waals surface area contributed by atoms with Crippen molar-refractivity contribution >= 4 is 10.9 Å². The molecule has 1 fully saturated rings. The maximum atomic E-state index is 6.18. The third-order valence-electron chi connectivity index (χ3n) is 6.21. The summed E-state index contributed by atoms with van der Waals surface area (Å²) >= 11 is 0. The van der Waals surface area contributed by atoms with Crippen molar-refractivity contribution in [3.8, 4) is 23.0 Å². The zero-order chi connectivity index (χ0) is 23.8. The highest BCUT2D eigenvalue weighted by atomic mass is 16.5. The largest absolute Gasteiger partial charge is 0.496 e. The van der Waals surface area contributed by atoms with Gasteiger partial charge < -0.3 is 23.7 Å². The van der Waals surface area contributed by atoms with E-state index >= 15 is 0 Å². The fourth-order valence-corrected chi connectivity index (χ4v) is 4.08. The molecule has 1 aliphatic rings. The van der Waals surface area contributed by atoms with Crippen molar-refractivity contribution < 1.29 is 23.7 Å². The van der Waals surface area contributed by atoms with Gasteiger partial charge in [0.15, 0.2) is 0 Å². The molecule has 0 aliphatic carbocycles. The Morgan fingerprint density at radius 3 is 2.47 bits per heavy atom. The smallest absolute Gasteiger partial charge is 0.133 e. The van der Waals surface area contributed by atoms with E-state index in [0.717, 1.165) is 72.6 Å². The second-order valence-electron chi connectivity index (χ2n) is 8.73. The lowest BCUT2D eigenvalue weighted by Gasteiger charge is -2.22. The molecule has 1 saturated heterocycles. The van der Waals surface area contributed by atoms with Crippen LogP contribution in [0.25, 0.3) is 10.9 Å². The number of aromatic nitrogens is 1. The van der Waals surface area contributed by atoms with Gasteiger partial charge in [0.25, 0.3) is 0 Å². The van der Waals surface area contributed by atoms with Gasteiger partial charge in [-0.2, -0.15) is 0 Å². The topological polar surface area (TPSA) is 59.0 Å². The van der Waals surface area contributed by atoms with Crippen LogP contribution in [-0.2, 0) is 11.3 Å². The van der Waals surface area contributed by atoms with Crippen LogP contribution in [0.2, 0.25) is 0 Å². The molecule has 0 bridgehead atoms. The maximum Gasteiger partial charge on any atom is 0.133 e. The SMILES string of the molecule is CCCCOc1c(C)c(COc2cc(OC)cc(OCC3CCOCC3)c2)nc2ccccc12. The number of rotatable bonds is 11. The molecule has 0 atom stereocenters. The molecule has 6 heteroatoms. The normalized spacial score (nSPS) is 14.2. The van der Waals surface area contributed by atoms with Crippen LogP contribution in [0.4, 0.5) is 0 Å². The highest BCUT2D eigenvalue weighted by molar-refractivity contribution is 5.86. The second-order valence-corrected chi connectivity index (χ2v) is 8.73. The molecule has 0 radical (unpaired) electrons. The summed E-state index contributed by atoms with van der Waals surface area (Å²) in [4.78, 5) is 4.86. The van der Waals surface area contributed by atoms with Gasteiger partial charge in [0.1, 0.15) is 29.6 Å². The van der Waals surface area contributed by atoms with Gasteiger partial charge in [0.2, 0.25) is 0 Å². The Bertz CT molecular complexity index is 1080. The number of para-hydroxylation sites is 1. The minimum absolute atomic E-state index is 0.327. The van der Waals surface area contributed by atoms with Gasteiger partial charge in [0.05, 0.1) is 31.5 Å². The third-order valence-corrected chi connectivity index (χ3v) is 6.21. The molecule has 4 rings (SSSR count). The molecular formula is C28H35NO5. The van der Waals surface area contributed by atoms with Crippen LogP contribution in [0.1, 0.15) is 43.9 Å². The molecule has 2 aromatic carbocycles. The summed E-state index contributed by atoms with van der Waals surface area (Å²) in [6.07, 6.45) is 4.17. The molecule has 0 saturated carbocycles. The molecule has 182 valence electrons. The van der Waals surface area contributed by atoms with Crippen LogP contribution < -0.4 is 18.9 Å². The van der Waals surface area contributed by atoms with Crippen molar-refractivity contribution in [1.29, 1.82) is 0 Å². The number of hydrogen-bond acceptors (Lipinski definition) is 6. The molecule has 0 N–H and O–H groups in total. The second kappa shape index (κ2) is 11.9. The Balaban J connectivity index is 1.50. The van der Waals surface area contributed by atoms with Gasteiger partial charge in [-0.3, -0.25) is 0 Å². The van der Waals surface area contributed by atoms with Gasteiger partial charge in [-0.25, -0.2) is 4.98 Å². The summed E-state index contributed by atoms with van der Waals surface area (Å²) in [6, 6.07) is 13.8. The van der Waals surface area contributed by atoms with E-state index < -0.39 is 0 Å². The van der Waals surface area contributed by atoms with Crippen LogP contribution >= 0.6 is 0 Å². The predicted molar refractivity (Wildman–Crippen MR) is 133 cm³/mol. The van der Waals surface area contributed by atoms with Crippen molar-refractivity contribution in [1.82, 2.24) is 4.98 Å². The van der Waals surface area contributed by atoms with Gasteiger partial charge in [-0.1, -0.05) is 25.5 Å². The number of pyridine rings is 1. The summed E-state index contributed by atoms with van der Waals surface area (Å²) in [7, 11) is 1.65. The highest BCUT2D eigenvalue weighted by Gasteiger charge is 2.16. The Morgan fingerprint density at radius 2 is 1.71 bits per heavy atom. The lowest BCUT2D eigenvalue weighted by Crippen LogP contribution is -2.21. The number of benzene rings is 2. The lowest BCUT2D eigenvalue weighted by molar-refractivity contribution is 0.0497. The molecule has 2 heterocycles. The molecule has 1 aromatic heterocycles. The number of methoxy groups -OCH3 is 1. The first-order chi connectivity index (χ1) is 16.7. The van der Waals surface area contributed by atoms with Crippen molar-refractivity contribution in [2.45, 2.75) is 46.1 Å². The summed E-state index contributed by atoms with van der Waals surface area (Å²) in [5.74, 6) is 3.53. The van der Waals surface area contributed by atoms with Crippen LogP contribution in [0.5, 0.6) is 23.0 Å². The molecule has 0 amide bonds. The first kappa shape index (κ1) is 24.1. The Hall–Kier alpha value is -2.99. The van der Waals surface area contributed by atoms with Crippen molar-refractivity contribution in [2.24, 2.45) is 5.92 Å². The van der Waals surface area contributed by atoms with E-state index in [1.54, 1.807) is 7.11 Å². The number of unbranched alkanes of at least 4 members (excludes halogenated alkanes) is 1. The van der Waals surface area contributed by atoms with Gasteiger partial charge in [-0.05, 0) is 44.2 Å². The minimum atomic E-state index is 0.327. The Labute approximate surface area is 202 Å². The molecule has 0 spiro atoms. The monoisotopic (exact) mass is 465 g/mol. The third kappa shape index (κ3) is 6.11. The average molecular weight is 466 g/mol. The quantitative estimate of drug-likeness (QED) is 0.318. The van der Waals surface area contributed by atoms with Crippen LogP contribution in [0, 0.1) is 12.8 Å². The number of ether oxygens (including phenoxy) is 5. The highest BCUT2D eigenvalue weighted by Crippen LogP contribution is 2.33. The molecule has 3 aromatic rings. The van der Waals surface area contributed by atoms with Crippen LogP contribution in [0.3, 0.4) is 0 Å². The zero-order valence-electron chi connectivity index (χ0n) is 20.5. The van der Waals surface area contributed by atoms with E-state index in [-0.39, 0.29) is 0 Å². The van der Waals surface area contributed by atoms with E-state index in [2.05, 4.69) is 13.0 Å². The predicted octanol–water partition coefficient (Wildman–Crippen LogP) is 6.12. The van der Waals surface area contributed by atoms with Crippen molar-refractivity contribution in [3.05, 3.63) is 53.7 Å². The van der Waals surface area contributed by atoms with E-state index in [4.69, 9.17) is 28.7 Å². The standard InChI is InChI=1S/C28H35NO5/c1-4-5-12-32-28-20(2)27(29-26-9-7-6-8-25(26)28)19-34-24-16-22(30-3)15-23(17-24)33-18-21-10-13-31-14-11-21/h6-9,15-17,21H,4-5,10-14,18-19H2,1-3H3. The first-order valence-corrected chi connectivity index (χ1v) is 12.2. The summed E-state index contributed by atoms with van der Waals surface area (Å²) < 4.78 is 29.4. The van der Waals surface area contributed by atoms with E-state index in [0.29, 0.717) is 37.2 Å². The maximum absolute atomic E-state index is 6.18. The number of fused-ring (bicyclic) bond motifs is 1.